The number of carbonyl (C=O) groups is 1. The van der Waals surface area contributed by atoms with Crippen molar-refractivity contribution in [3.05, 3.63) is 36.0 Å². The van der Waals surface area contributed by atoms with Crippen molar-refractivity contribution < 1.29 is 37.4 Å². The van der Waals surface area contributed by atoms with Crippen molar-refractivity contribution in [2.24, 2.45) is 0 Å². The molecule has 12 heteroatoms. The van der Waals surface area contributed by atoms with E-state index in [9.17, 15) is 13.2 Å². The average Bonchev–Trinajstić information content (AvgIpc) is 2.82. The average molecular weight is 468 g/mol. The molecule has 1 amide bonds. The fraction of sp³-hybridized carbons (Fsp3) is 0.400. The SMILES string of the molecule is COc1cc(OC2CCN(S(=O)(=O)c3ccc(OC)c(OC)c3C(=O)NO)CC2)ccn1. The van der Waals surface area contributed by atoms with Crippen molar-refractivity contribution in [1.29, 1.82) is 0 Å². The molecule has 0 saturated carbocycles. The maximum absolute atomic E-state index is 13.3. The van der Waals surface area contributed by atoms with E-state index in [1.807, 2.05) is 0 Å². The zero-order chi connectivity index (χ0) is 23.3. The van der Waals surface area contributed by atoms with Gasteiger partial charge in [-0.25, -0.2) is 18.9 Å². The Morgan fingerprint density at radius 2 is 1.84 bits per heavy atom. The first-order chi connectivity index (χ1) is 15.3. The number of hydroxylamine groups is 1. The molecule has 1 saturated heterocycles. The van der Waals surface area contributed by atoms with E-state index in [4.69, 9.17) is 24.2 Å². The van der Waals surface area contributed by atoms with Crippen LogP contribution in [0.25, 0.3) is 0 Å². The highest BCUT2D eigenvalue weighted by molar-refractivity contribution is 7.89. The molecule has 2 aromatic rings. The summed E-state index contributed by atoms with van der Waals surface area (Å²) in [6, 6.07) is 6.02. The highest BCUT2D eigenvalue weighted by Gasteiger charge is 2.35. The van der Waals surface area contributed by atoms with Gasteiger partial charge in [-0.2, -0.15) is 4.31 Å². The van der Waals surface area contributed by atoms with Crippen LogP contribution in [0.4, 0.5) is 0 Å². The number of amides is 1. The molecule has 0 radical (unpaired) electrons. The molecule has 32 heavy (non-hydrogen) atoms. The van der Waals surface area contributed by atoms with Crippen LogP contribution in [0.15, 0.2) is 35.4 Å². The van der Waals surface area contributed by atoms with E-state index in [1.165, 1.54) is 43.2 Å². The lowest BCUT2D eigenvalue weighted by Crippen LogP contribution is -2.42. The molecule has 11 nitrogen and oxygen atoms in total. The Morgan fingerprint density at radius 3 is 2.44 bits per heavy atom. The minimum Gasteiger partial charge on any atom is -0.493 e. The molecule has 0 bridgehead atoms. The summed E-state index contributed by atoms with van der Waals surface area (Å²) in [6.45, 7) is 0.369. The predicted molar refractivity (Wildman–Crippen MR) is 112 cm³/mol. The third-order valence-corrected chi connectivity index (χ3v) is 7.01. The number of ether oxygens (including phenoxy) is 4. The van der Waals surface area contributed by atoms with Gasteiger partial charge in [-0.3, -0.25) is 10.0 Å². The zero-order valence-electron chi connectivity index (χ0n) is 17.9. The monoisotopic (exact) mass is 467 g/mol. The molecular weight excluding hydrogens is 442 g/mol. The van der Waals surface area contributed by atoms with Gasteiger partial charge in [-0.1, -0.05) is 0 Å². The Balaban J connectivity index is 1.81. The van der Waals surface area contributed by atoms with Crippen molar-refractivity contribution in [2.45, 2.75) is 23.8 Å². The molecule has 0 unspecified atom stereocenters. The van der Waals surface area contributed by atoms with E-state index in [-0.39, 0.29) is 41.2 Å². The van der Waals surface area contributed by atoms with Gasteiger partial charge in [-0.15, -0.1) is 0 Å². The zero-order valence-corrected chi connectivity index (χ0v) is 18.7. The number of pyridine rings is 1. The Bertz CT molecular complexity index is 1070. The summed E-state index contributed by atoms with van der Waals surface area (Å²) in [4.78, 5) is 16.0. The summed E-state index contributed by atoms with van der Waals surface area (Å²) in [6.07, 6.45) is 2.26. The normalized spacial score (nSPS) is 15.1. The van der Waals surface area contributed by atoms with E-state index in [1.54, 1.807) is 18.3 Å². The van der Waals surface area contributed by atoms with Gasteiger partial charge in [-0.05, 0) is 31.0 Å². The van der Waals surface area contributed by atoms with Crippen molar-refractivity contribution in [2.75, 3.05) is 34.4 Å². The fourth-order valence-corrected chi connectivity index (χ4v) is 5.15. The first-order valence-electron chi connectivity index (χ1n) is 9.72. The van der Waals surface area contributed by atoms with Gasteiger partial charge in [0, 0.05) is 25.4 Å². The number of hydrogen-bond donors (Lipinski definition) is 2. The third-order valence-electron chi connectivity index (χ3n) is 5.07. The highest BCUT2D eigenvalue weighted by Crippen LogP contribution is 2.37. The number of methoxy groups -OCH3 is 3. The number of benzene rings is 1. The predicted octanol–water partition coefficient (Wildman–Crippen LogP) is 1.46. The Kier molecular flexibility index (Phi) is 7.38. The van der Waals surface area contributed by atoms with Gasteiger partial charge in [0.1, 0.15) is 17.4 Å². The van der Waals surface area contributed by atoms with Crippen LogP contribution in [0, 0.1) is 0 Å². The number of nitrogens with one attached hydrogen (secondary N) is 1. The van der Waals surface area contributed by atoms with Crippen LogP contribution in [-0.2, 0) is 10.0 Å². The summed E-state index contributed by atoms with van der Waals surface area (Å²) < 4.78 is 49.3. The first kappa shape index (κ1) is 23.6. The van der Waals surface area contributed by atoms with Crippen LogP contribution in [0.3, 0.4) is 0 Å². The summed E-state index contributed by atoms with van der Waals surface area (Å²) >= 11 is 0. The van der Waals surface area contributed by atoms with Gasteiger partial charge < -0.3 is 18.9 Å². The van der Waals surface area contributed by atoms with Gasteiger partial charge in [0.05, 0.1) is 26.2 Å². The van der Waals surface area contributed by atoms with Crippen LogP contribution >= 0.6 is 0 Å². The molecule has 1 aromatic heterocycles. The maximum Gasteiger partial charge on any atom is 0.279 e. The first-order valence-corrected chi connectivity index (χ1v) is 11.2. The number of aromatic nitrogens is 1. The fourth-order valence-electron chi connectivity index (χ4n) is 3.49. The molecule has 0 aliphatic carbocycles. The smallest absolute Gasteiger partial charge is 0.279 e. The number of carbonyl (C=O) groups excluding carboxylic acids is 1. The molecule has 0 spiro atoms. The Morgan fingerprint density at radius 1 is 1.12 bits per heavy atom. The van der Waals surface area contributed by atoms with E-state index < -0.39 is 15.9 Å². The molecule has 1 aromatic carbocycles. The van der Waals surface area contributed by atoms with E-state index in [0.717, 1.165) is 0 Å². The lowest BCUT2D eigenvalue weighted by atomic mass is 10.1. The standard InChI is InChI=1S/C20H25N3O8S/c1-28-15-4-5-16(18(19(15)30-3)20(24)22-25)32(26,27)23-10-7-13(8-11-23)31-14-6-9-21-17(12-14)29-2/h4-6,9,12-13,25H,7-8,10-11H2,1-3H3,(H,22,24). The van der Waals surface area contributed by atoms with Gasteiger partial charge in [0.15, 0.2) is 11.5 Å². The minimum atomic E-state index is -4.07. The second kappa shape index (κ2) is 10.0. The minimum absolute atomic E-state index is 0.0926. The van der Waals surface area contributed by atoms with E-state index in [2.05, 4.69) is 4.98 Å². The van der Waals surface area contributed by atoms with Gasteiger partial charge in [0.25, 0.3) is 5.91 Å². The quantitative estimate of drug-likeness (QED) is 0.437. The van der Waals surface area contributed by atoms with Crippen LogP contribution in [0.2, 0.25) is 0 Å². The Hall–Kier alpha value is -3.09. The third kappa shape index (κ3) is 4.71. The van der Waals surface area contributed by atoms with Gasteiger partial charge in [0.2, 0.25) is 15.9 Å². The van der Waals surface area contributed by atoms with Crippen molar-refractivity contribution in [3.8, 4) is 23.1 Å². The number of piperidine rings is 1. The summed E-state index contributed by atoms with van der Waals surface area (Å²) in [7, 11) is 0.0709. The molecule has 0 atom stereocenters. The van der Waals surface area contributed by atoms with E-state index in [0.29, 0.717) is 24.5 Å². The van der Waals surface area contributed by atoms with Gasteiger partial charge >= 0.3 is 0 Å². The summed E-state index contributed by atoms with van der Waals surface area (Å²) in [5.74, 6) is 0.0460. The number of hydrogen-bond acceptors (Lipinski definition) is 9. The van der Waals surface area contributed by atoms with Crippen LogP contribution in [0.1, 0.15) is 23.2 Å². The second-order valence-corrected chi connectivity index (χ2v) is 8.78. The topological polar surface area (TPSA) is 137 Å². The molecule has 3 rings (SSSR count). The molecule has 1 fully saturated rings. The molecule has 2 heterocycles. The van der Waals surface area contributed by atoms with Crippen molar-refractivity contribution in [1.82, 2.24) is 14.8 Å². The summed E-state index contributed by atoms with van der Waals surface area (Å²) in [5.41, 5.74) is 1.14. The van der Waals surface area contributed by atoms with Crippen molar-refractivity contribution >= 4 is 15.9 Å². The van der Waals surface area contributed by atoms with Crippen LogP contribution in [-0.4, -0.2) is 69.3 Å². The maximum atomic E-state index is 13.3. The Labute approximate surface area is 185 Å². The molecule has 174 valence electrons. The number of rotatable bonds is 8. The van der Waals surface area contributed by atoms with Crippen LogP contribution < -0.4 is 24.4 Å². The molecule has 1 aliphatic heterocycles. The summed E-state index contributed by atoms with van der Waals surface area (Å²) in [5, 5.41) is 9.15. The number of nitrogens with zero attached hydrogens (tertiary/aromatic N) is 2. The number of sulfonamides is 1. The van der Waals surface area contributed by atoms with Crippen molar-refractivity contribution in [3.63, 3.8) is 0 Å². The van der Waals surface area contributed by atoms with E-state index >= 15 is 0 Å². The molecular formula is C20H25N3O8S. The highest BCUT2D eigenvalue weighted by atomic mass is 32.2. The van der Waals surface area contributed by atoms with Crippen LogP contribution in [0.5, 0.6) is 23.1 Å². The molecule has 2 N–H and O–H groups in total. The largest absolute Gasteiger partial charge is 0.493 e. The second-order valence-electron chi connectivity index (χ2n) is 6.87. The lowest BCUT2D eigenvalue weighted by Gasteiger charge is -2.32. The molecule has 1 aliphatic rings. The lowest BCUT2D eigenvalue weighted by molar-refractivity contribution is 0.0698.